The van der Waals surface area contributed by atoms with E-state index in [-0.39, 0.29) is 29.4 Å². The van der Waals surface area contributed by atoms with Gasteiger partial charge in [0.05, 0.1) is 17.8 Å². The molecule has 12 nitrogen and oxygen atoms in total. The second-order valence-corrected chi connectivity index (χ2v) is 9.56. The molecule has 5 rings (SSSR count). The molecule has 3 heterocycles. The largest absolute Gasteiger partial charge is 0.486 e. The molecule has 1 atom stereocenters. The van der Waals surface area contributed by atoms with Gasteiger partial charge in [-0.15, -0.1) is 0 Å². The predicted octanol–water partition coefficient (Wildman–Crippen LogP) is 2.29. The van der Waals surface area contributed by atoms with Crippen LogP contribution >= 0.6 is 11.5 Å². The number of nitrogens with one attached hydrogen (secondary N) is 1. The number of hydrogen-bond acceptors (Lipinski definition) is 10. The van der Waals surface area contributed by atoms with Crippen molar-refractivity contribution in [3.63, 3.8) is 0 Å². The number of rotatable bonds is 9. The van der Waals surface area contributed by atoms with Gasteiger partial charge in [0, 0.05) is 37.0 Å². The third kappa shape index (κ3) is 5.24. The van der Waals surface area contributed by atoms with Crippen LogP contribution in [0, 0.1) is 0 Å². The van der Waals surface area contributed by atoms with Gasteiger partial charge in [-0.3, -0.25) is 24.3 Å². The third-order valence-electron chi connectivity index (χ3n) is 6.23. The average Bonchev–Trinajstić information content (AvgIpc) is 3.36. The molecule has 1 unspecified atom stereocenters. The van der Waals surface area contributed by atoms with Crippen LogP contribution in [0.3, 0.4) is 0 Å². The van der Waals surface area contributed by atoms with Crippen molar-refractivity contribution in [3.8, 4) is 11.5 Å². The minimum atomic E-state index is -1.17. The molecule has 5 N–H and O–H groups in total. The van der Waals surface area contributed by atoms with E-state index in [1.54, 1.807) is 48.7 Å². The first kappa shape index (κ1) is 26.8. The van der Waals surface area contributed by atoms with Gasteiger partial charge >= 0.3 is 0 Å². The topological polar surface area (TPSA) is 172 Å². The van der Waals surface area contributed by atoms with Crippen molar-refractivity contribution >= 4 is 51.5 Å². The molecule has 4 aromatic rings. The van der Waals surface area contributed by atoms with Gasteiger partial charge in [0.1, 0.15) is 24.1 Å². The van der Waals surface area contributed by atoms with E-state index in [2.05, 4.69) is 14.7 Å². The molecule has 1 aliphatic heterocycles. The number of methoxy groups -OCH3 is 1. The summed E-state index contributed by atoms with van der Waals surface area (Å²) in [4.78, 5) is 45.6. The molecule has 2 aromatic heterocycles. The number of hydrogen-bond donors (Lipinski definition) is 3. The van der Waals surface area contributed by atoms with Gasteiger partial charge in [0.2, 0.25) is 5.91 Å². The van der Waals surface area contributed by atoms with Crippen LogP contribution in [-0.2, 0) is 9.53 Å². The van der Waals surface area contributed by atoms with Gasteiger partial charge in [-0.25, -0.2) is 0 Å². The first-order chi connectivity index (χ1) is 19.4. The molecule has 0 aliphatic carbocycles. The molecular formula is C27H26N6O6S. The lowest BCUT2D eigenvalue weighted by Crippen LogP contribution is -2.44. The van der Waals surface area contributed by atoms with Crippen LogP contribution in [0.4, 0.5) is 11.4 Å². The SMILES string of the molecule is COCCNC(=O)C(c1ccc2ncccc2c1)N(C(=O)c1snc(C(N)=O)c1N)c1ccc2c(c1)OCCO2. The maximum absolute atomic E-state index is 14.3. The van der Waals surface area contributed by atoms with Crippen molar-refractivity contribution in [3.05, 3.63) is 70.9 Å². The van der Waals surface area contributed by atoms with Crippen molar-refractivity contribution in [2.45, 2.75) is 6.04 Å². The number of benzene rings is 2. The molecule has 0 fully saturated rings. The van der Waals surface area contributed by atoms with Gasteiger partial charge < -0.3 is 31.0 Å². The Morgan fingerprint density at radius 3 is 2.67 bits per heavy atom. The number of ether oxygens (including phenoxy) is 3. The van der Waals surface area contributed by atoms with Crippen molar-refractivity contribution < 1.29 is 28.6 Å². The summed E-state index contributed by atoms with van der Waals surface area (Å²) < 4.78 is 20.5. The number of amides is 3. The lowest BCUT2D eigenvalue weighted by Gasteiger charge is -2.32. The van der Waals surface area contributed by atoms with Crippen molar-refractivity contribution in [2.24, 2.45) is 5.73 Å². The highest BCUT2D eigenvalue weighted by Gasteiger charge is 2.36. The molecule has 2 aromatic carbocycles. The Hall–Kier alpha value is -4.75. The van der Waals surface area contributed by atoms with Gasteiger partial charge in [0.25, 0.3) is 11.8 Å². The zero-order valence-electron chi connectivity index (χ0n) is 21.5. The standard InChI is InChI=1S/C27H26N6O6S/c1-37-10-9-31-26(35)23(16-4-6-18-15(13-16)3-2-8-30-18)33(17-5-7-19-20(14-17)39-12-11-38-19)27(36)24-21(28)22(25(29)34)32-40-24/h2-8,13-14,23H,9-12,28H2,1H3,(H2,29,34)(H,31,35). The summed E-state index contributed by atoms with van der Waals surface area (Å²) in [5, 5.41) is 3.62. The van der Waals surface area contributed by atoms with E-state index in [9.17, 15) is 14.4 Å². The second kappa shape index (κ2) is 11.6. The summed E-state index contributed by atoms with van der Waals surface area (Å²) in [5.41, 5.74) is 12.7. The summed E-state index contributed by atoms with van der Waals surface area (Å²) in [5.74, 6) is -1.07. The molecule has 0 spiro atoms. The molecule has 1 aliphatic rings. The van der Waals surface area contributed by atoms with E-state index >= 15 is 0 Å². The zero-order chi connectivity index (χ0) is 28.2. The number of fused-ring (bicyclic) bond motifs is 2. The number of aromatic nitrogens is 2. The monoisotopic (exact) mass is 562 g/mol. The van der Waals surface area contributed by atoms with E-state index in [1.807, 2.05) is 6.07 Å². The number of anilines is 2. The van der Waals surface area contributed by atoms with Crippen LogP contribution in [0.5, 0.6) is 11.5 Å². The number of carbonyl (C=O) groups excluding carboxylic acids is 3. The Kier molecular flexibility index (Phi) is 7.75. The van der Waals surface area contributed by atoms with Gasteiger partial charge in [0.15, 0.2) is 17.2 Å². The van der Waals surface area contributed by atoms with Crippen LogP contribution in [0.15, 0.2) is 54.7 Å². The fourth-order valence-electron chi connectivity index (χ4n) is 4.36. The van der Waals surface area contributed by atoms with Crippen LogP contribution in [0.2, 0.25) is 0 Å². The predicted molar refractivity (Wildman–Crippen MR) is 149 cm³/mol. The molecular weight excluding hydrogens is 536 g/mol. The van der Waals surface area contributed by atoms with Crippen molar-refractivity contribution in [2.75, 3.05) is 44.1 Å². The molecule has 206 valence electrons. The third-order valence-corrected chi connectivity index (χ3v) is 7.08. The highest BCUT2D eigenvalue weighted by atomic mass is 32.1. The first-order valence-corrected chi connectivity index (χ1v) is 13.1. The number of pyridine rings is 1. The van der Waals surface area contributed by atoms with Crippen molar-refractivity contribution in [1.82, 2.24) is 14.7 Å². The fraction of sp³-hybridized carbons (Fsp3) is 0.222. The van der Waals surface area contributed by atoms with E-state index in [4.69, 9.17) is 25.7 Å². The number of primary amides is 1. The Balaban J connectivity index is 1.68. The number of nitrogen functional groups attached to an aromatic ring is 1. The fourth-order valence-corrected chi connectivity index (χ4v) is 5.10. The second-order valence-electron chi connectivity index (χ2n) is 8.78. The van der Waals surface area contributed by atoms with Crippen LogP contribution in [0.25, 0.3) is 10.9 Å². The molecule has 0 saturated carbocycles. The van der Waals surface area contributed by atoms with Gasteiger partial charge in [-0.2, -0.15) is 4.37 Å². The molecule has 13 heteroatoms. The summed E-state index contributed by atoms with van der Waals surface area (Å²) in [6, 6.07) is 12.7. The number of nitrogens with zero attached hydrogens (tertiary/aromatic N) is 3. The van der Waals surface area contributed by atoms with Crippen LogP contribution in [0.1, 0.15) is 31.8 Å². The lowest BCUT2D eigenvalue weighted by molar-refractivity contribution is -0.122. The Bertz CT molecular complexity index is 1590. The van der Waals surface area contributed by atoms with E-state index in [0.29, 0.717) is 36.0 Å². The molecule has 0 saturated heterocycles. The Labute approximate surface area is 233 Å². The normalized spacial score (nSPS) is 13.0. The average molecular weight is 563 g/mol. The molecule has 0 radical (unpaired) electrons. The highest BCUT2D eigenvalue weighted by molar-refractivity contribution is 7.09. The maximum Gasteiger partial charge on any atom is 0.273 e. The summed E-state index contributed by atoms with van der Waals surface area (Å²) in [6.45, 7) is 1.19. The zero-order valence-corrected chi connectivity index (χ0v) is 22.3. The van der Waals surface area contributed by atoms with E-state index in [0.717, 1.165) is 22.4 Å². The molecule has 40 heavy (non-hydrogen) atoms. The Morgan fingerprint density at radius 1 is 1.12 bits per heavy atom. The minimum absolute atomic E-state index is 0.0409. The minimum Gasteiger partial charge on any atom is -0.486 e. The highest BCUT2D eigenvalue weighted by Crippen LogP contribution is 2.39. The first-order valence-electron chi connectivity index (χ1n) is 12.3. The quantitative estimate of drug-likeness (QED) is 0.259. The van der Waals surface area contributed by atoms with E-state index in [1.165, 1.54) is 12.0 Å². The molecule has 0 bridgehead atoms. The lowest BCUT2D eigenvalue weighted by atomic mass is 10.00. The van der Waals surface area contributed by atoms with Crippen LogP contribution in [-0.4, -0.2) is 60.6 Å². The van der Waals surface area contributed by atoms with Gasteiger partial charge in [-0.1, -0.05) is 12.1 Å². The van der Waals surface area contributed by atoms with Crippen molar-refractivity contribution in [1.29, 1.82) is 0 Å². The smallest absolute Gasteiger partial charge is 0.273 e. The Morgan fingerprint density at radius 2 is 1.93 bits per heavy atom. The summed E-state index contributed by atoms with van der Waals surface area (Å²) >= 11 is 0.728. The van der Waals surface area contributed by atoms with Crippen LogP contribution < -0.4 is 31.2 Å². The maximum atomic E-state index is 14.3. The number of carbonyl (C=O) groups is 3. The number of nitrogens with two attached hydrogens (primary N) is 2. The van der Waals surface area contributed by atoms with E-state index < -0.39 is 23.8 Å². The van der Waals surface area contributed by atoms with Gasteiger partial charge in [-0.05, 0) is 47.4 Å². The summed E-state index contributed by atoms with van der Waals surface area (Å²) in [6.07, 6.45) is 1.67. The molecule has 3 amide bonds. The summed E-state index contributed by atoms with van der Waals surface area (Å²) in [7, 11) is 1.52.